The van der Waals surface area contributed by atoms with Crippen LogP contribution in [0.3, 0.4) is 0 Å². The molecule has 100 valence electrons. The molecule has 7 nitrogen and oxygen atoms in total. The Labute approximate surface area is 114 Å². The van der Waals surface area contributed by atoms with Crippen LogP contribution in [-0.2, 0) is 0 Å². The lowest BCUT2D eigenvalue weighted by atomic mass is 10.3. The summed E-state index contributed by atoms with van der Waals surface area (Å²) in [5.74, 6) is 0. The van der Waals surface area contributed by atoms with Crippen molar-refractivity contribution in [1.82, 2.24) is 25.3 Å². The highest BCUT2D eigenvalue weighted by molar-refractivity contribution is 5.72. The first-order chi connectivity index (χ1) is 9.97. The van der Waals surface area contributed by atoms with Crippen molar-refractivity contribution in [3.63, 3.8) is 0 Å². The maximum Gasteiger partial charge on any atom is 0.180 e. The van der Waals surface area contributed by atoms with Crippen LogP contribution in [0.2, 0.25) is 0 Å². The van der Waals surface area contributed by atoms with Crippen LogP contribution in [0.1, 0.15) is 0 Å². The first kappa shape index (κ1) is 13.3. The van der Waals surface area contributed by atoms with Gasteiger partial charge in [-0.05, 0) is 24.3 Å². The molecule has 0 saturated carbocycles. The monoisotopic (exact) mass is 269 g/mol. The van der Waals surface area contributed by atoms with Gasteiger partial charge in [-0.25, -0.2) is 4.98 Å². The Hall–Kier alpha value is -3.09. The van der Waals surface area contributed by atoms with Gasteiger partial charge in [0.05, 0.1) is 23.4 Å². The van der Waals surface area contributed by atoms with Crippen LogP contribution < -0.4 is 0 Å². The van der Waals surface area contributed by atoms with Gasteiger partial charge in [0.15, 0.2) is 6.39 Å². The lowest BCUT2D eigenvalue weighted by Crippen LogP contribution is -1.78. The van der Waals surface area contributed by atoms with E-state index in [1.165, 1.54) is 25.1 Å². The Kier molecular flexibility index (Phi) is 5.40. The number of nitrogens with zero attached hydrogens (tertiary/aromatic N) is 5. The van der Waals surface area contributed by atoms with Crippen molar-refractivity contribution in [3.8, 4) is 0 Å². The second kappa shape index (κ2) is 8.09. The summed E-state index contributed by atoms with van der Waals surface area (Å²) >= 11 is 0. The average molecular weight is 269 g/mol. The van der Waals surface area contributed by atoms with Crippen LogP contribution in [0.5, 0.6) is 0 Å². The highest BCUT2D eigenvalue weighted by Crippen LogP contribution is 2.04. The molecule has 0 unspecified atom stereocenters. The fourth-order valence-corrected chi connectivity index (χ4v) is 1.22. The molecule has 4 rings (SSSR count). The fourth-order valence-electron chi connectivity index (χ4n) is 1.22. The van der Waals surface area contributed by atoms with Crippen molar-refractivity contribution in [2.45, 2.75) is 0 Å². The molecule has 4 aromatic heterocycles. The SMILES string of the molecule is c1cnc2cccnc2c1.c1cocn1.c1conn1. The van der Waals surface area contributed by atoms with Crippen LogP contribution in [0.4, 0.5) is 0 Å². The zero-order valence-corrected chi connectivity index (χ0v) is 10.4. The summed E-state index contributed by atoms with van der Waals surface area (Å²) < 4.78 is 8.69. The van der Waals surface area contributed by atoms with Gasteiger partial charge in [0.25, 0.3) is 0 Å². The molecular formula is C13H11N5O2. The number of rotatable bonds is 0. The van der Waals surface area contributed by atoms with E-state index in [4.69, 9.17) is 0 Å². The number of oxazole rings is 1. The van der Waals surface area contributed by atoms with E-state index >= 15 is 0 Å². The number of pyridine rings is 2. The lowest BCUT2D eigenvalue weighted by molar-refractivity contribution is 0.393. The van der Waals surface area contributed by atoms with Crippen LogP contribution in [0, 0.1) is 0 Å². The Morgan fingerprint density at radius 2 is 1.55 bits per heavy atom. The molecule has 0 amide bonds. The molecule has 0 aliphatic carbocycles. The molecule has 0 aromatic carbocycles. The first-order valence-electron chi connectivity index (χ1n) is 5.66. The number of hydrogen-bond donors (Lipinski definition) is 0. The van der Waals surface area contributed by atoms with E-state index < -0.39 is 0 Å². The standard InChI is InChI=1S/C8H6N2.C3H3NO.C2H2N2O/c1-3-7-8(9-5-1)4-2-6-10-7;1-2-5-3-4-1;1-2-5-4-3-1/h1-6H;1-3H;1-2H. The fraction of sp³-hybridized carbons (Fsp3) is 0. The largest absolute Gasteiger partial charge is 0.452 e. The topological polar surface area (TPSA) is 90.7 Å². The van der Waals surface area contributed by atoms with E-state index in [-0.39, 0.29) is 0 Å². The average Bonchev–Trinajstić information content (AvgIpc) is 3.25. The predicted molar refractivity (Wildman–Crippen MR) is 70.3 cm³/mol. The summed E-state index contributed by atoms with van der Waals surface area (Å²) in [5.41, 5.74) is 1.90. The molecule has 0 N–H and O–H groups in total. The molecule has 4 heterocycles. The maximum atomic E-state index is 4.47. The quantitative estimate of drug-likeness (QED) is 0.484. The molecule has 0 spiro atoms. The van der Waals surface area contributed by atoms with Gasteiger partial charge in [-0.2, -0.15) is 0 Å². The van der Waals surface area contributed by atoms with Gasteiger partial charge in [-0.3, -0.25) is 9.97 Å². The molecule has 0 aliphatic rings. The van der Waals surface area contributed by atoms with E-state index in [2.05, 4.69) is 34.3 Å². The molecule has 0 atom stereocenters. The van der Waals surface area contributed by atoms with Gasteiger partial charge in [-0.1, -0.05) is 0 Å². The van der Waals surface area contributed by atoms with Gasteiger partial charge in [0.1, 0.15) is 12.5 Å². The highest BCUT2D eigenvalue weighted by atomic mass is 16.5. The van der Waals surface area contributed by atoms with Crippen molar-refractivity contribution in [3.05, 3.63) is 68.0 Å². The van der Waals surface area contributed by atoms with Crippen molar-refractivity contribution in [1.29, 1.82) is 0 Å². The zero-order chi connectivity index (χ0) is 13.9. The molecule has 0 fully saturated rings. The summed E-state index contributed by atoms with van der Waals surface area (Å²) in [6, 6.07) is 7.66. The lowest BCUT2D eigenvalue weighted by Gasteiger charge is -1.90. The Balaban J connectivity index is 0.000000124. The van der Waals surface area contributed by atoms with Crippen molar-refractivity contribution < 1.29 is 8.94 Å². The smallest absolute Gasteiger partial charge is 0.180 e. The Morgan fingerprint density at radius 3 is 1.90 bits per heavy atom. The molecule has 20 heavy (non-hydrogen) atoms. The molecule has 0 bridgehead atoms. The minimum absolute atomic E-state index is 0.949. The van der Waals surface area contributed by atoms with E-state index in [1.807, 2.05) is 24.3 Å². The number of hydrogen-bond acceptors (Lipinski definition) is 7. The minimum Gasteiger partial charge on any atom is -0.452 e. The zero-order valence-electron chi connectivity index (χ0n) is 10.4. The summed E-state index contributed by atoms with van der Waals surface area (Å²) in [5, 5.41) is 6.40. The van der Waals surface area contributed by atoms with Gasteiger partial charge in [0.2, 0.25) is 0 Å². The molecule has 0 radical (unpaired) electrons. The van der Waals surface area contributed by atoms with E-state index in [0.717, 1.165) is 11.0 Å². The number of aromatic nitrogens is 5. The van der Waals surface area contributed by atoms with Gasteiger partial charge in [0, 0.05) is 17.7 Å². The maximum absolute atomic E-state index is 4.47. The van der Waals surface area contributed by atoms with Crippen molar-refractivity contribution in [2.24, 2.45) is 0 Å². The highest BCUT2D eigenvalue weighted by Gasteiger charge is 1.88. The van der Waals surface area contributed by atoms with Crippen LogP contribution in [0.25, 0.3) is 11.0 Å². The van der Waals surface area contributed by atoms with Crippen LogP contribution >= 0.6 is 0 Å². The van der Waals surface area contributed by atoms with E-state index in [0.29, 0.717) is 0 Å². The van der Waals surface area contributed by atoms with Crippen LogP contribution in [-0.4, -0.2) is 25.3 Å². The third kappa shape index (κ3) is 4.65. The third-order valence-corrected chi connectivity index (χ3v) is 2.00. The summed E-state index contributed by atoms with van der Waals surface area (Å²) in [7, 11) is 0. The normalized spacial score (nSPS) is 9.00. The predicted octanol–water partition coefficient (Wildman–Crippen LogP) is 2.37. The van der Waals surface area contributed by atoms with E-state index in [9.17, 15) is 0 Å². The second-order valence-electron chi connectivity index (χ2n) is 3.31. The first-order valence-corrected chi connectivity index (χ1v) is 5.66. The Morgan fingerprint density at radius 1 is 0.800 bits per heavy atom. The molecule has 0 aliphatic heterocycles. The van der Waals surface area contributed by atoms with Crippen LogP contribution in [0.15, 0.2) is 76.9 Å². The van der Waals surface area contributed by atoms with Gasteiger partial charge >= 0.3 is 0 Å². The molecule has 4 aromatic rings. The van der Waals surface area contributed by atoms with Crippen molar-refractivity contribution in [2.75, 3.05) is 0 Å². The molecule has 7 heteroatoms. The minimum atomic E-state index is 0.949. The van der Waals surface area contributed by atoms with Gasteiger partial charge in [-0.15, -0.1) is 5.10 Å². The summed E-state index contributed by atoms with van der Waals surface area (Å²) in [6.45, 7) is 0. The second-order valence-corrected chi connectivity index (χ2v) is 3.31. The van der Waals surface area contributed by atoms with Gasteiger partial charge < -0.3 is 8.94 Å². The summed E-state index contributed by atoms with van der Waals surface area (Å²) in [4.78, 5) is 11.8. The molecular weight excluding hydrogens is 258 g/mol. The van der Waals surface area contributed by atoms with Crippen molar-refractivity contribution >= 4 is 11.0 Å². The third-order valence-electron chi connectivity index (χ3n) is 2.00. The number of fused-ring (bicyclic) bond motifs is 1. The van der Waals surface area contributed by atoms with E-state index in [1.54, 1.807) is 18.6 Å². The molecule has 0 saturated heterocycles. The summed E-state index contributed by atoms with van der Waals surface area (Å²) in [6.07, 6.45) is 10.9. The Bertz CT molecular complexity index is 557.